The summed E-state index contributed by atoms with van der Waals surface area (Å²) in [5.74, 6) is 1.36. The average Bonchev–Trinajstić information content (AvgIpc) is 3.03. The third-order valence-electron chi connectivity index (χ3n) is 6.06. The van der Waals surface area contributed by atoms with Gasteiger partial charge in [-0.25, -0.2) is 4.79 Å². The fraction of sp³-hybridized carbons (Fsp3) is 0.682. The first kappa shape index (κ1) is 22.2. The van der Waals surface area contributed by atoms with Crippen molar-refractivity contribution in [1.29, 1.82) is 0 Å². The number of likely N-dealkylation sites (N-methyl/N-ethyl adjacent to an activating group) is 2. The number of esters is 1. The molecule has 3 rings (SSSR count). The lowest BCUT2D eigenvalue weighted by Crippen LogP contribution is -2.31. The van der Waals surface area contributed by atoms with Gasteiger partial charge in [-0.2, -0.15) is 0 Å². The molecule has 0 atom stereocenters. The summed E-state index contributed by atoms with van der Waals surface area (Å²) in [6.07, 6.45) is 6.26. The van der Waals surface area contributed by atoms with E-state index in [0.717, 1.165) is 45.3 Å². The molecule has 0 saturated heterocycles. The second kappa shape index (κ2) is 10.0. The van der Waals surface area contributed by atoms with Crippen LogP contribution < -0.4 is 0 Å². The van der Waals surface area contributed by atoms with Crippen LogP contribution in [-0.2, 0) is 4.74 Å². The van der Waals surface area contributed by atoms with Gasteiger partial charge in [-0.15, -0.1) is 11.3 Å². The summed E-state index contributed by atoms with van der Waals surface area (Å²) >= 11 is 3.92. The van der Waals surface area contributed by atoms with Crippen molar-refractivity contribution in [3.63, 3.8) is 0 Å². The molecule has 1 saturated carbocycles. The fourth-order valence-corrected chi connectivity index (χ4v) is 6.12. The molecule has 0 amide bonds. The molecule has 0 unspecified atom stereocenters. The summed E-state index contributed by atoms with van der Waals surface area (Å²) in [7, 11) is 6.21. The van der Waals surface area contributed by atoms with Crippen molar-refractivity contribution in [1.82, 2.24) is 9.80 Å². The number of carbonyl (C=O) groups excluding carboxylic acids is 1. The summed E-state index contributed by atoms with van der Waals surface area (Å²) in [5, 5.41) is 0. The van der Waals surface area contributed by atoms with Gasteiger partial charge < -0.3 is 14.5 Å². The fourth-order valence-electron chi connectivity index (χ4n) is 4.34. The second-order valence-electron chi connectivity index (χ2n) is 8.68. The third-order valence-corrected chi connectivity index (χ3v) is 7.94. The van der Waals surface area contributed by atoms with E-state index < -0.39 is 0 Å². The predicted molar refractivity (Wildman–Crippen MR) is 126 cm³/mol. The molecule has 1 aromatic heterocycles. The van der Waals surface area contributed by atoms with Crippen LogP contribution in [-0.4, -0.2) is 63.2 Å². The zero-order valence-electron chi connectivity index (χ0n) is 17.6. The normalized spacial score (nSPS) is 24.1. The van der Waals surface area contributed by atoms with Crippen molar-refractivity contribution in [2.24, 2.45) is 11.8 Å². The molecule has 1 aliphatic heterocycles. The summed E-state index contributed by atoms with van der Waals surface area (Å²) in [4.78, 5) is 18.1. The maximum absolute atomic E-state index is 12.8. The van der Waals surface area contributed by atoms with E-state index in [2.05, 4.69) is 47.5 Å². The number of hydrogen-bond acceptors (Lipinski definition) is 5. The highest BCUT2D eigenvalue weighted by Gasteiger charge is 2.30. The van der Waals surface area contributed by atoms with E-state index in [-0.39, 0.29) is 5.97 Å². The number of carbonyl (C=O) groups is 1. The lowest BCUT2D eigenvalue weighted by Gasteiger charge is -2.35. The van der Waals surface area contributed by atoms with Gasteiger partial charge in [0.1, 0.15) is 11.5 Å². The van der Waals surface area contributed by atoms with E-state index in [0.29, 0.717) is 12.5 Å². The van der Waals surface area contributed by atoms with E-state index >= 15 is 0 Å². The number of halogens is 1. The minimum atomic E-state index is -0.159. The summed E-state index contributed by atoms with van der Waals surface area (Å²) in [5.41, 5.74) is 4.15. The highest BCUT2D eigenvalue weighted by molar-refractivity contribution is 14.1. The highest BCUT2D eigenvalue weighted by atomic mass is 127. The summed E-state index contributed by atoms with van der Waals surface area (Å²) in [6.45, 7) is 5.67. The monoisotopic (exact) mass is 516 g/mol. The van der Waals surface area contributed by atoms with Crippen LogP contribution in [0.25, 0.3) is 5.57 Å². The van der Waals surface area contributed by atoms with Gasteiger partial charge in [0.15, 0.2) is 0 Å². The average molecular weight is 516 g/mol. The van der Waals surface area contributed by atoms with Gasteiger partial charge in [-0.3, -0.25) is 0 Å². The van der Waals surface area contributed by atoms with Gasteiger partial charge in [0.2, 0.25) is 0 Å². The van der Waals surface area contributed by atoms with Gasteiger partial charge in [0.05, 0.1) is 2.88 Å². The molecule has 2 aliphatic rings. The SMILES string of the molecule is CC1CCC(C2=C(c3cc(I)sc3C(=O)OCCN(C)C)CCN(C)C2)CC1. The van der Waals surface area contributed by atoms with E-state index in [1.807, 2.05) is 19.0 Å². The molecule has 1 fully saturated rings. The van der Waals surface area contributed by atoms with E-state index in [4.69, 9.17) is 4.74 Å². The number of rotatable bonds is 6. The van der Waals surface area contributed by atoms with Gasteiger partial charge in [0, 0.05) is 25.2 Å². The molecule has 0 radical (unpaired) electrons. The van der Waals surface area contributed by atoms with Crippen LogP contribution in [0.2, 0.25) is 0 Å². The quantitative estimate of drug-likeness (QED) is 0.394. The van der Waals surface area contributed by atoms with E-state index in [1.54, 1.807) is 16.9 Å². The summed E-state index contributed by atoms with van der Waals surface area (Å²) in [6, 6.07) is 2.21. The van der Waals surface area contributed by atoms with Gasteiger partial charge in [-0.1, -0.05) is 19.8 Å². The molecule has 156 valence electrons. The molecule has 4 nitrogen and oxygen atoms in total. The standard InChI is InChI=1S/C22H33IN2O2S/c1-15-5-7-16(8-6-15)19-14-25(4)10-9-17(19)18-13-20(23)28-21(18)22(26)27-12-11-24(2)3/h13,15-16H,5-12,14H2,1-4H3. The van der Waals surface area contributed by atoms with Crippen LogP contribution in [0.1, 0.15) is 54.3 Å². The van der Waals surface area contributed by atoms with Crippen molar-refractivity contribution in [3.05, 3.63) is 25.0 Å². The Morgan fingerprint density at radius 2 is 2.04 bits per heavy atom. The van der Waals surface area contributed by atoms with Crippen molar-refractivity contribution >= 4 is 45.5 Å². The topological polar surface area (TPSA) is 32.8 Å². The number of thiophene rings is 1. The molecule has 0 aromatic carbocycles. The molecule has 1 aromatic rings. The van der Waals surface area contributed by atoms with Crippen LogP contribution in [0.3, 0.4) is 0 Å². The second-order valence-corrected chi connectivity index (χ2v) is 11.6. The maximum Gasteiger partial charge on any atom is 0.349 e. The zero-order chi connectivity index (χ0) is 20.3. The number of hydrogen-bond donors (Lipinski definition) is 0. The Morgan fingerprint density at radius 3 is 2.71 bits per heavy atom. The zero-order valence-corrected chi connectivity index (χ0v) is 20.6. The molecule has 2 heterocycles. The van der Waals surface area contributed by atoms with Crippen molar-refractivity contribution in [2.75, 3.05) is 47.4 Å². The number of ether oxygens (including phenoxy) is 1. The van der Waals surface area contributed by atoms with Crippen molar-refractivity contribution in [2.45, 2.75) is 39.0 Å². The molecule has 0 N–H and O–H groups in total. The molecule has 0 bridgehead atoms. The Hall–Kier alpha value is -0.440. The largest absolute Gasteiger partial charge is 0.460 e. The molecular weight excluding hydrogens is 483 g/mol. The molecule has 0 spiro atoms. The Kier molecular flexibility index (Phi) is 7.98. The first-order valence-electron chi connectivity index (χ1n) is 10.4. The first-order valence-corrected chi connectivity index (χ1v) is 12.3. The van der Waals surface area contributed by atoms with E-state index in [1.165, 1.54) is 31.3 Å². The Morgan fingerprint density at radius 1 is 1.32 bits per heavy atom. The van der Waals surface area contributed by atoms with Crippen LogP contribution in [0.5, 0.6) is 0 Å². The van der Waals surface area contributed by atoms with E-state index in [9.17, 15) is 4.79 Å². The van der Waals surface area contributed by atoms with Gasteiger partial charge in [0.25, 0.3) is 0 Å². The Labute approximate surface area is 187 Å². The number of nitrogens with zero attached hydrogens (tertiary/aromatic N) is 2. The van der Waals surface area contributed by atoms with Crippen LogP contribution in [0.4, 0.5) is 0 Å². The van der Waals surface area contributed by atoms with Gasteiger partial charge >= 0.3 is 5.97 Å². The lowest BCUT2D eigenvalue weighted by molar-refractivity contribution is 0.0487. The Bertz CT molecular complexity index is 720. The lowest BCUT2D eigenvalue weighted by atomic mass is 9.75. The minimum absolute atomic E-state index is 0.159. The van der Waals surface area contributed by atoms with Crippen molar-refractivity contribution in [3.8, 4) is 0 Å². The van der Waals surface area contributed by atoms with Crippen LogP contribution >= 0.6 is 33.9 Å². The smallest absolute Gasteiger partial charge is 0.349 e. The minimum Gasteiger partial charge on any atom is -0.460 e. The maximum atomic E-state index is 12.8. The highest BCUT2D eigenvalue weighted by Crippen LogP contribution is 2.42. The third kappa shape index (κ3) is 5.58. The van der Waals surface area contributed by atoms with Gasteiger partial charge in [-0.05, 0) is 92.0 Å². The molecule has 28 heavy (non-hydrogen) atoms. The molecule has 6 heteroatoms. The summed E-state index contributed by atoms with van der Waals surface area (Å²) < 4.78 is 6.76. The van der Waals surface area contributed by atoms with Crippen LogP contribution in [0, 0.1) is 14.7 Å². The van der Waals surface area contributed by atoms with Crippen molar-refractivity contribution < 1.29 is 9.53 Å². The predicted octanol–water partition coefficient (Wildman–Crippen LogP) is 4.99. The molecule has 1 aliphatic carbocycles. The molecular formula is C22H33IN2O2S. The Balaban J connectivity index is 1.88. The van der Waals surface area contributed by atoms with Crippen LogP contribution in [0.15, 0.2) is 11.6 Å². The first-order chi connectivity index (χ1) is 13.3.